The number of benzene rings is 2. The van der Waals surface area contributed by atoms with Crippen molar-refractivity contribution in [1.29, 1.82) is 0 Å². The Morgan fingerprint density at radius 1 is 1.03 bits per heavy atom. The van der Waals surface area contributed by atoms with Crippen LogP contribution in [0.3, 0.4) is 0 Å². The zero-order chi connectivity index (χ0) is 25.9. The van der Waals surface area contributed by atoms with Crippen LogP contribution in [0.1, 0.15) is 27.1 Å². The number of hydrogen-bond donors (Lipinski definition) is 3. The van der Waals surface area contributed by atoms with Gasteiger partial charge in [0.05, 0.1) is 17.6 Å². The van der Waals surface area contributed by atoms with Gasteiger partial charge in [0.15, 0.2) is 11.6 Å². The van der Waals surface area contributed by atoms with Gasteiger partial charge in [-0.25, -0.2) is 28.1 Å². The molecule has 5 rings (SSSR count). The number of fused-ring (bicyclic) bond motifs is 1. The van der Waals surface area contributed by atoms with Crippen LogP contribution in [0.2, 0.25) is 0 Å². The molecule has 1 amide bonds. The molecule has 4 N–H and O–H groups in total. The Bertz CT molecular complexity index is 1610. The maximum atomic E-state index is 14.6. The summed E-state index contributed by atoms with van der Waals surface area (Å²) in [6, 6.07) is 15.8. The number of halogens is 3. The van der Waals surface area contributed by atoms with E-state index in [4.69, 9.17) is 5.73 Å². The third-order valence-corrected chi connectivity index (χ3v) is 6.74. The second kappa shape index (κ2) is 10.2. The van der Waals surface area contributed by atoms with Crippen molar-refractivity contribution >= 4 is 39.8 Å². The topological polar surface area (TPSA) is 106 Å². The van der Waals surface area contributed by atoms with Crippen molar-refractivity contribution in [3.8, 4) is 10.4 Å². The third-order valence-electron chi connectivity index (χ3n) is 5.61. The molecule has 0 fully saturated rings. The van der Waals surface area contributed by atoms with E-state index in [1.165, 1.54) is 42.1 Å². The Morgan fingerprint density at radius 3 is 2.76 bits per heavy atom. The van der Waals surface area contributed by atoms with E-state index in [1.54, 1.807) is 0 Å². The third kappa shape index (κ3) is 5.07. The van der Waals surface area contributed by atoms with Gasteiger partial charge in [-0.3, -0.25) is 4.79 Å². The summed E-state index contributed by atoms with van der Waals surface area (Å²) in [5.74, 6) is -2.75. The molecule has 0 spiro atoms. The Balaban J connectivity index is 1.29. The smallest absolute Gasteiger partial charge is 0.257 e. The van der Waals surface area contributed by atoms with Crippen molar-refractivity contribution in [2.45, 2.75) is 12.8 Å². The average molecular weight is 521 g/mol. The molecule has 0 saturated carbocycles. The molecule has 3 aromatic heterocycles. The predicted molar refractivity (Wildman–Crippen MR) is 137 cm³/mol. The molecule has 0 bridgehead atoms. The largest absolute Gasteiger partial charge is 0.383 e. The van der Waals surface area contributed by atoms with Crippen molar-refractivity contribution in [3.05, 3.63) is 101 Å². The summed E-state index contributed by atoms with van der Waals surface area (Å²) in [6.07, 6.45) is 0.670. The first-order chi connectivity index (χ1) is 17.9. The molecule has 186 valence electrons. The molecule has 5 aromatic rings. The molecule has 0 aliphatic rings. The van der Waals surface area contributed by atoms with Crippen molar-refractivity contribution in [1.82, 2.24) is 20.3 Å². The van der Waals surface area contributed by atoms with Crippen LogP contribution in [0.4, 0.5) is 24.8 Å². The summed E-state index contributed by atoms with van der Waals surface area (Å²) in [5.41, 5.74) is 7.16. The molecule has 1 unspecified atom stereocenters. The number of nitrogens with two attached hydrogens (primary N) is 1. The number of aromatic nitrogens is 3. The van der Waals surface area contributed by atoms with Gasteiger partial charge >= 0.3 is 0 Å². The van der Waals surface area contributed by atoms with E-state index in [-0.39, 0.29) is 11.4 Å². The van der Waals surface area contributed by atoms with Crippen molar-refractivity contribution in [2.75, 3.05) is 11.1 Å². The molecule has 37 heavy (non-hydrogen) atoms. The van der Waals surface area contributed by atoms with Gasteiger partial charge in [0.25, 0.3) is 5.91 Å². The minimum Gasteiger partial charge on any atom is -0.383 e. The lowest BCUT2D eigenvalue weighted by Gasteiger charge is -2.14. The van der Waals surface area contributed by atoms with Gasteiger partial charge in [0.1, 0.15) is 18.0 Å². The van der Waals surface area contributed by atoms with Crippen molar-refractivity contribution in [2.24, 2.45) is 0 Å². The van der Waals surface area contributed by atoms with E-state index >= 15 is 0 Å². The number of carbonyl (C=O) groups is 1. The number of amides is 1. The Kier molecular flexibility index (Phi) is 6.69. The summed E-state index contributed by atoms with van der Waals surface area (Å²) in [6.45, 7) is 0.346. The van der Waals surface area contributed by atoms with Crippen molar-refractivity contribution < 1.29 is 18.0 Å². The van der Waals surface area contributed by atoms with E-state index in [9.17, 15) is 18.0 Å². The van der Waals surface area contributed by atoms with Gasteiger partial charge in [-0.1, -0.05) is 18.2 Å². The number of nitrogens with zero attached hydrogens (tertiary/aromatic N) is 3. The molecule has 11 heteroatoms. The highest BCUT2D eigenvalue weighted by Gasteiger charge is 2.22. The summed E-state index contributed by atoms with van der Waals surface area (Å²) in [5, 5.41) is 5.91. The second-order valence-corrected chi connectivity index (χ2v) is 9.16. The highest BCUT2D eigenvalue weighted by molar-refractivity contribution is 7.15. The second-order valence-electron chi connectivity index (χ2n) is 7.99. The average Bonchev–Trinajstić information content (AvgIpc) is 3.38. The molecule has 0 aliphatic carbocycles. The quantitative estimate of drug-likeness (QED) is 0.241. The summed E-state index contributed by atoms with van der Waals surface area (Å²) >= 11 is 1.54. The van der Waals surface area contributed by atoms with Gasteiger partial charge in [-0.2, -0.15) is 0 Å². The van der Waals surface area contributed by atoms with E-state index in [0.29, 0.717) is 12.4 Å². The summed E-state index contributed by atoms with van der Waals surface area (Å²) < 4.78 is 41.9. The molecular weight excluding hydrogens is 501 g/mol. The first-order valence-electron chi connectivity index (χ1n) is 11.1. The number of pyridine rings is 1. The lowest BCUT2D eigenvalue weighted by molar-refractivity contribution is 0.0892. The lowest BCUT2D eigenvalue weighted by Crippen LogP contribution is -2.27. The molecule has 1 atom stereocenters. The van der Waals surface area contributed by atoms with Gasteiger partial charge in [-0.15, -0.1) is 11.3 Å². The molecular formula is C26H19F3N6OS. The standard InChI is InChI=1S/C26H19F3N6OS/c27-19-5-1-3-16(22(19)28)23(29)35-26(36)17-4-2-10-31-25(17)32-12-15-7-9-21(37-15)14-6-8-20-18(11-14)24(30)34-13-33-20/h1-11,13,23H,12H2,(H,31,32)(H,35,36)(H2,30,33,34). The fourth-order valence-corrected chi connectivity index (χ4v) is 4.69. The first kappa shape index (κ1) is 24.2. The van der Waals surface area contributed by atoms with Crippen molar-refractivity contribution in [3.63, 3.8) is 0 Å². The number of rotatable bonds is 7. The number of nitrogens with one attached hydrogen (secondary N) is 2. The van der Waals surface area contributed by atoms with Gasteiger partial charge < -0.3 is 16.4 Å². The van der Waals surface area contributed by atoms with Crippen LogP contribution in [0, 0.1) is 11.6 Å². The Hall–Kier alpha value is -4.51. The summed E-state index contributed by atoms with van der Waals surface area (Å²) in [4.78, 5) is 27.1. The van der Waals surface area contributed by atoms with E-state index in [0.717, 1.165) is 38.4 Å². The maximum Gasteiger partial charge on any atom is 0.257 e. The monoisotopic (exact) mass is 520 g/mol. The highest BCUT2D eigenvalue weighted by atomic mass is 32.1. The summed E-state index contributed by atoms with van der Waals surface area (Å²) in [7, 11) is 0. The fourth-order valence-electron chi connectivity index (χ4n) is 3.74. The van der Waals surface area contributed by atoms with Crippen LogP contribution in [0.25, 0.3) is 21.3 Å². The predicted octanol–water partition coefficient (Wildman–Crippen LogP) is 5.62. The van der Waals surface area contributed by atoms with Crippen LogP contribution >= 0.6 is 11.3 Å². The van der Waals surface area contributed by atoms with Gasteiger partial charge in [0.2, 0.25) is 6.30 Å². The van der Waals surface area contributed by atoms with E-state index < -0.39 is 29.4 Å². The van der Waals surface area contributed by atoms with Gasteiger partial charge in [-0.05, 0) is 48.0 Å². The number of carbonyl (C=O) groups excluding carboxylic acids is 1. The molecule has 2 aromatic carbocycles. The lowest BCUT2D eigenvalue weighted by atomic mass is 10.1. The maximum absolute atomic E-state index is 14.6. The van der Waals surface area contributed by atoms with E-state index in [1.807, 2.05) is 30.3 Å². The van der Waals surface area contributed by atoms with Gasteiger partial charge in [0, 0.05) is 26.9 Å². The molecule has 0 aliphatic heterocycles. The minimum absolute atomic E-state index is 0.0590. The van der Waals surface area contributed by atoms with Crippen LogP contribution in [0.15, 0.2) is 73.2 Å². The zero-order valence-electron chi connectivity index (χ0n) is 19.1. The molecule has 0 saturated heterocycles. The number of alkyl halides is 1. The Morgan fingerprint density at radius 2 is 1.89 bits per heavy atom. The van der Waals surface area contributed by atoms with Crippen LogP contribution in [-0.4, -0.2) is 20.9 Å². The molecule has 0 radical (unpaired) electrons. The van der Waals surface area contributed by atoms with Crippen LogP contribution in [0.5, 0.6) is 0 Å². The van der Waals surface area contributed by atoms with Crippen LogP contribution in [-0.2, 0) is 6.54 Å². The minimum atomic E-state index is -2.24. The number of anilines is 2. The highest BCUT2D eigenvalue weighted by Crippen LogP contribution is 2.31. The number of nitrogen functional groups attached to an aromatic ring is 1. The SMILES string of the molecule is Nc1ncnc2ccc(-c3ccc(CNc4ncccc4C(=O)NC(F)c4cccc(F)c4F)s3)cc12. The Labute approximate surface area is 213 Å². The fraction of sp³-hybridized carbons (Fsp3) is 0.0769. The zero-order valence-corrected chi connectivity index (χ0v) is 19.9. The molecule has 7 nitrogen and oxygen atoms in total. The number of thiophene rings is 1. The normalized spacial score (nSPS) is 11.9. The van der Waals surface area contributed by atoms with Crippen LogP contribution < -0.4 is 16.4 Å². The number of hydrogen-bond acceptors (Lipinski definition) is 7. The first-order valence-corrected chi connectivity index (χ1v) is 11.9. The van der Waals surface area contributed by atoms with E-state index in [2.05, 4.69) is 25.6 Å². The molecule has 3 heterocycles.